The Bertz CT molecular complexity index is 497. The smallest absolute Gasteiger partial charge is 0.0847 e. The summed E-state index contributed by atoms with van der Waals surface area (Å²) in [5.41, 5.74) is 3.31. The van der Waals surface area contributed by atoms with Crippen LogP contribution >= 0.6 is 11.6 Å². The predicted molar refractivity (Wildman–Crippen MR) is 75.7 cm³/mol. The van der Waals surface area contributed by atoms with Crippen molar-refractivity contribution in [2.75, 3.05) is 17.7 Å². The lowest BCUT2D eigenvalue weighted by Crippen LogP contribution is -2.20. The number of anilines is 1. The van der Waals surface area contributed by atoms with Crippen molar-refractivity contribution in [1.82, 2.24) is 4.57 Å². The van der Waals surface area contributed by atoms with Crippen LogP contribution in [0.15, 0.2) is 42.7 Å². The maximum Gasteiger partial charge on any atom is 0.0847 e. The summed E-state index contributed by atoms with van der Waals surface area (Å²) >= 11 is 5.56. The molecule has 0 radical (unpaired) electrons. The van der Waals surface area contributed by atoms with Crippen LogP contribution in [0.1, 0.15) is 5.56 Å². The van der Waals surface area contributed by atoms with Crippen LogP contribution in [0.4, 0.5) is 5.69 Å². The molecular formula is C14H17ClN2O. The number of aryl methyl sites for hydroxylation is 1. The lowest BCUT2D eigenvalue weighted by molar-refractivity contribution is 0.211. The molecule has 1 aromatic heterocycles. The van der Waals surface area contributed by atoms with Gasteiger partial charge in [-0.3, -0.25) is 0 Å². The SMILES string of the molecule is Cc1ccc(NCC(O)CCl)cc1-n1cccc1. The van der Waals surface area contributed by atoms with Gasteiger partial charge in [0.05, 0.1) is 12.0 Å². The average molecular weight is 265 g/mol. The molecule has 0 bridgehead atoms. The maximum atomic E-state index is 9.43. The van der Waals surface area contributed by atoms with Crippen LogP contribution in [-0.4, -0.2) is 28.2 Å². The molecule has 2 rings (SSSR count). The number of hydrogen-bond acceptors (Lipinski definition) is 2. The van der Waals surface area contributed by atoms with Gasteiger partial charge in [0.15, 0.2) is 0 Å². The van der Waals surface area contributed by atoms with E-state index in [4.69, 9.17) is 11.6 Å². The Morgan fingerprint density at radius 3 is 2.72 bits per heavy atom. The number of aliphatic hydroxyl groups excluding tert-OH is 1. The topological polar surface area (TPSA) is 37.2 Å². The number of nitrogens with one attached hydrogen (secondary N) is 1. The number of alkyl halides is 1. The highest BCUT2D eigenvalue weighted by Gasteiger charge is 2.04. The number of halogens is 1. The molecule has 3 nitrogen and oxygen atoms in total. The van der Waals surface area contributed by atoms with Crippen LogP contribution in [0.5, 0.6) is 0 Å². The molecule has 96 valence electrons. The second-order valence-electron chi connectivity index (χ2n) is 4.28. The maximum absolute atomic E-state index is 9.43. The Hall–Kier alpha value is -1.45. The normalized spacial score (nSPS) is 12.4. The lowest BCUT2D eigenvalue weighted by Gasteiger charge is -2.13. The van der Waals surface area contributed by atoms with Crippen molar-refractivity contribution in [2.45, 2.75) is 13.0 Å². The minimum absolute atomic E-state index is 0.239. The van der Waals surface area contributed by atoms with Crippen molar-refractivity contribution < 1.29 is 5.11 Å². The van der Waals surface area contributed by atoms with Crippen LogP contribution < -0.4 is 5.32 Å². The summed E-state index contributed by atoms with van der Waals surface area (Å²) in [5, 5.41) is 12.6. The molecule has 2 N–H and O–H groups in total. The first kappa shape index (κ1) is 13.0. The monoisotopic (exact) mass is 264 g/mol. The number of aromatic nitrogens is 1. The highest BCUT2D eigenvalue weighted by Crippen LogP contribution is 2.19. The van der Waals surface area contributed by atoms with Gasteiger partial charge in [-0.25, -0.2) is 0 Å². The van der Waals surface area contributed by atoms with Crippen molar-refractivity contribution in [2.24, 2.45) is 0 Å². The molecule has 1 atom stereocenters. The largest absolute Gasteiger partial charge is 0.390 e. The first-order chi connectivity index (χ1) is 8.70. The van der Waals surface area contributed by atoms with Gasteiger partial charge in [-0.05, 0) is 36.8 Å². The van der Waals surface area contributed by atoms with E-state index in [2.05, 4.69) is 28.9 Å². The summed E-state index contributed by atoms with van der Waals surface area (Å²) in [6, 6.07) is 10.1. The second kappa shape index (κ2) is 5.94. The molecule has 1 unspecified atom stereocenters. The fraction of sp³-hybridized carbons (Fsp3) is 0.286. The van der Waals surface area contributed by atoms with Gasteiger partial charge in [0.1, 0.15) is 0 Å². The van der Waals surface area contributed by atoms with E-state index in [1.807, 2.05) is 30.6 Å². The Labute approximate surface area is 112 Å². The lowest BCUT2D eigenvalue weighted by atomic mass is 10.1. The Morgan fingerprint density at radius 1 is 1.33 bits per heavy atom. The van der Waals surface area contributed by atoms with Gasteiger partial charge >= 0.3 is 0 Å². The second-order valence-corrected chi connectivity index (χ2v) is 4.59. The fourth-order valence-electron chi connectivity index (χ4n) is 1.78. The van der Waals surface area contributed by atoms with Gasteiger partial charge in [-0.15, -0.1) is 11.6 Å². The van der Waals surface area contributed by atoms with Crippen LogP contribution in [-0.2, 0) is 0 Å². The van der Waals surface area contributed by atoms with Crippen molar-refractivity contribution in [3.05, 3.63) is 48.3 Å². The van der Waals surface area contributed by atoms with E-state index >= 15 is 0 Å². The molecule has 0 aliphatic rings. The highest BCUT2D eigenvalue weighted by molar-refractivity contribution is 6.18. The Morgan fingerprint density at radius 2 is 2.06 bits per heavy atom. The molecule has 1 heterocycles. The molecule has 0 aliphatic carbocycles. The van der Waals surface area contributed by atoms with Crippen LogP contribution in [0.2, 0.25) is 0 Å². The third-order valence-corrected chi connectivity index (χ3v) is 3.17. The third kappa shape index (κ3) is 3.06. The molecule has 0 aliphatic heterocycles. The molecule has 4 heteroatoms. The molecular weight excluding hydrogens is 248 g/mol. The van der Waals surface area contributed by atoms with Crippen molar-refractivity contribution >= 4 is 17.3 Å². The first-order valence-electron chi connectivity index (χ1n) is 5.92. The summed E-state index contributed by atoms with van der Waals surface area (Å²) in [5.74, 6) is 0.239. The summed E-state index contributed by atoms with van der Waals surface area (Å²) in [7, 11) is 0. The average Bonchev–Trinajstić information content (AvgIpc) is 2.91. The number of nitrogens with zero attached hydrogens (tertiary/aromatic N) is 1. The molecule has 0 amide bonds. The van der Waals surface area contributed by atoms with Crippen molar-refractivity contribution in [3.63, 3.8) is 0 Å². The van der Waals surface area contributed by atoms with Crippen LogP contribution in [0.3, 0.4) is 0 Å². The highest BCUT2D eigenvalue weighted by atomic mass is 35.5. The predicted octanol–water partition coefficient (Wildman–Crippen LogP) is 2.80. The van der Waals surface area contributed by atoms with Gasteiger partial charge in [0, 0.05) is 30.3 Å². The zero-order chi connectivity index (χ0) is 13.0. The van der Waals surface area contributed by atoms with E-state index in [0.29, 0.717) is 6.54 Å². The quantitative estimate of drug-likeness (QED) is 0.815. The zero-order valence-corrected chi connectivity index (χ0v) is 11.1. The summed E-state index contributed by atoms with van der Waals surface area (Å²) < 4.78 is 2.07. The van der Waals surface area contributed by atoms with E-state index < -0.39 is 6.10 Å². The van der Waals surface area contributed by atoms with Crippen LogP contribution in [0.25, 0.3) is 5.69 Å². The van der Waals surface area contributed by atoms with E-state index in [0.717, 1.165) is 11.4 Å². The molecule has 0 saturated carbocycles. The van der Waals surface area contributed by atoms with Gasteiger partial charge in [0.25, 0.3) is 0 Å². The van der Waals surface area contributed by atoms with E-state index in [9.17, 15) is 5.11 Å². The van der Waals surface area contributed by atoms with Crippen molar-refractivity contribution in [1.29, 1.82) is 0 Å². The molecule has 2 aromatic rings. The van der Waals surface area contributed by atoms with Gasteiger partial charge in [0.2, 0.25) is 0 Å². The molecule has 1 aromatic carbocycles. The third-order valence-electron chi connectivity index (χ3n) is 2.81. The summed E-state index contributed by atoms with van der Waals surface area (Å²) in [6.45, 7) is 2.53. The fourth-order valence-corrected chi connectivity index (χ4v) is 1.89. The number of hydrogen-bond donors (Lipinski definition) is 2. The standard InChI is InChI=1S/C14H17ClN2O/c1-11-4-5-12(16-10-13(18)9-15)8-14(11)17-6-2-3-7-17/h2-8,13,16,18H,9-10H2,1H3. The molecule has 0 saturated heterocycles. The number of aliphatic hydroxyl groups is 1. The van der Waals surface area contributed by atoms with E-state index in [1.54, 1.807) is 0 Å². The zero-order valence-electron chi connectivity index (χ0n) is 10.3. The van der Waals surface area contributed by atoms with Gasteiger partial charge < -0.3 is 15.0 Å². The van der Waals surface area contributed by atoms with E-state index in [-0.39, 0.29) is 5.88 Å². The number of rotatable bonds is 5. The molecule has 0 fully saturated rings. The first-order valence-corrected chi connectivity index (χ1v) is 6.46. The van der Waals surface area contributed by atoms with E-state index in [1.165, 1.54) is 5.56 Å². The van der Waals surface area contributed by atoms with Crippen molar-refractivity contribution in [3.8, 4) is 5.69 Å². The number of benzene rings is 1. The summed E-state index contributed by atoms with van der Waals surface area (Å²) in [4.78, 5) is 0. The Balaban J connectivity index is 2.17. The minimum Gasteiger partial charge on any atom is -0.390 e. The van der Waals surface area contributed by atoms with Gasteiger partial charge in [-0.1, -0.05) is 6.07 Å². The Kier molecular flexibility index (Phi) is 4.28. The van der Waals surface area contributed by atoms with Crippen LogP contribution in [0, 0.1) is 6.92 Å². The summed E-state index contributed by atoms with van der Waals surface area (Å²) in [6.07, 6.45) is 3.50. The minimum atomic E-state index is -0.525. The molecule has 0 spiro atoms. The van der Waals surface area contributed by atoms with Gasteiger partial charge in [-0.2, -0.15) is 0 Å². The molecule has 18 heavy (non-hydrogen) atoms.